The summed E-state index contributed by atoms with van der Waals surface area (Å²) in [6.07, 6.45) is -2.92. The number of aromatic carboxylic acids is 1. The topological polar surface area (TPSA) is 109 Å². The van der Waals surface area contributed by atoms with Crippen molar-refractivity contribution in [3.63, 3.8) is 0 Å². The number of alkyl halides is 3. The number of hydrogen-bond donors (Lipinski definition) is 3. The van der Waals surface area contributed by atoms with Crippen LogP contribution in [0.2, 0.25) is 0 Å². The molecule has 3 N–H and O–H groups in total. The van der Waals surface area contributed by atoms with E-state index >= 15 is 0 Å². The average Bonchev–Trinajstić information content (AvgIpc) is 3.30. The first kappa shape index (κ1) is 22.4. The summed E-state index contributed by atoms with van der Waals surface area (Å²) in [6.45, 7) is 0. The maximum absolute atomic E-state index is 12.7. The van der Waals surface area contributed by atoms with Crippen molar-refractivity contribution in [2.45, 2.75) is 6.18 Å². The highest BCUT2D eigenvalue weighted by Gasteiger charge is 2.30. The highest BCUT2D eigenvalue weighted by atomic mass is 79.9. The van der Waals surface area contributed by atoms with Crippen molar-refractivity contribution >= 4 is 50.3 Å². The van der Waals surface area contributed by atoms with Crippen LogP contribution in [-0.4, -0.2) is 26.9 Å². The van der Waals surface area contributed by atoms with Crippen LogP contribution in [0.4, 0.5) is 29.3 Å². The minimum Gasteiger partial charge on any atom is -0.475 e. The Morgan fingerprint density at radius 3 is 2.33 bits per heavy atom. The zero-order valence-corrected chi connectivity index (χ0v) is 18.3. The second-order valence-electron chi connectivity index (χ2n) is 6.98. The molecular weight excluding hydrogens is 509 g/mol. The molecule has 0 unspecified atom stereocenters. The van der Waals surface area contributed by atoms with Crippen LogP contribution in [0.1, 0.15) is 16.1 Å². The first-order valence-corrected chi connectivity index (χ1v) is 10.1. The maximum atomic E-state index is 12.7. The Labute approximate surface area is 192 Å². The molecule has 0 aliphatic heterocycles. The molecule has 2 heterocycles. The second kappa shape index (κ2) is 8.28. The van der Waals surface area contributed by atoms with Crippen LogP contribution in [0, 0.1) is 0 Å². The minimum absolute atomic E-state index is 0.160. The van der Waals surface area contributed by atoms with Crippen molar-refractivity contribution in [3.8, 4) is 11.3 Å². The van der Waals surface area contributed by atoms with E-state index in [-0.39, 0.29) is 17.0 Å². The van der Waals surface area contributed by atoms with Crippen LogP contribution in [-0.2, 0) is 13.2 Å². The number of nitrogens with one attached hydrogen (secondary N) is 2. The number of carbonyl (C=O) groups is 2. The summed E-state index contributed by atoms with van der Waals surface area (Å²) >= 11 is 3.39. The van der Waals surface area contributed by atoms with Crippen LogP contribution >= 0.6 is 15.9 Å². The van der Waals surface area contributed by atoms with E-state index in [1.165, 1.54) is 12.1 Å². The van der Waals surface area contributed by atoms with E-state index in [1.54, 1.807) is 24.0 Å². The molecule has 0 aliphatic carbocycles. The van der Waals surface area contributed by atoms with Crippen molar-refractivity contribution < 1.29 is 32.3 Å². The molecule has 0 fully saturated rings. The van der Waals surface area contributed by atoms with Crippen LogP contribution < -0.4 is 10.6 Å². The number of aryl methyl sites for hydroxylation is 1. The van der Waals surface area contributed by atoms with E-state index in [2.05, 4.69) is 31.7 Å². The van der Waals surface area contributed by atoms with Gasteiger partial charge in [0.25, 0.3) is 0 Å². The number of hydrogen-bond acceptors (Lipinski definition) is 4. The van der Waals surface area contributed by atoms with Gasteiger partial charge in [-0.05, 0) is 58.4 Å². The molecule has 0 spiro atoms. The number of rotatable bonds is 4. The highest BCUT2D eigenvalue weighted by Crippen LogP contribution is 2.37. The molecule has 0 atom stereocenters. The number of carboxylic acids is 1. The molecular formula is C21H14BrF3N4O4. The lowest BCUT2D eigenvalue weighted by molar-refractivity contribution is -0.137. The van der Waals surface area contributed by atoms with E-state index in [0.29, 0.717) is 26.8 Å². The second-order valence-corrected chi connectivity index (χ2v) is 7.83. The zero-order valence-electron chi connectivity index (χ0n) is 16.7. The van der Waals surface area contributed by atoms with Crippen LogP contribution in [0.3, 0.4) is 0 Å². The predicted octanol–water partition coefficient (Wildman–Crippen LogP) is 5.96. The minimum atomic E-state index is -4.48. The monoisotopic (exact) mass is 522 g/mol. The van der Waals surface area contributed by atoms with Crippen LogP contribution in [0.25, 0.3) is 22.2 Å². The Bertz CT molecular complexity index is 1360. The molecule has 170 valence electrons. The summed E-state index contributed by atoms with van der Waals surface area (Å²) < 4.78 is 45.8. The average molecular weight is 523 g/mol. The van der Waals surface area contributed by atoms with E-state index in [0.717, 1.165) is 24.3 Å². The third kappa shape index (κ3) is 4.55. The summed E-state index contributed by atoms with van der Waals surface area (Å²) in [5, 5.41) is 18.9. The fraction of sp³-hybridized carbons (Fsp3) is 0.0952. The summed E-state index contributed by atoms with van der Waals surface area (Å²) in [5.74, 6) is -1.54. The van der Waals surface area contributed by atoms with Gasteiger partial charge >= 0.3 is 18.2 Å². The fourth-order valence-electron chi connectivity index (χ4n) is 3.26. The van der Waals surface area contributed by atoms with Gasteiger partial charge in [0.05, 0.1) is 21.9 Å². The Morgan fingerprint density at radius 2 is 1.76 bits per heavy atom. The number of urea groups is 1. The van der Waals surface area contributed by atoms with Gasteiger partial charge in [-0.3, -0.25) is 4.68 Å². The molecule has 0 bridgehead atoms. The summed E-state index contributed by atoms with van der Waals surface area (Å²) in [7, 11) is 1.68. The van der Waals surface area contributed by atoms with Crippen molar-refractivity contribution in [1.82, 2.24) is 9.78 Å². The van der Waals surface area contributed by atoms with Gasteiger partial charge in [-0.1, -0.05) is 0 Å². The summed E-state index contributed by atoms with van der Waals surface area (Å²) in [6, 6.07) is 7.71. The fourth-order valence-corrected chi connectivity index (χ4v) is 3.82. The molecule has 2 amide bonds. The summed E-state index contributed by atoms with van der Waals surface area (Å²) in [5.41, 5.74) is 0.958. The molecule has 2 aromatic carbocycles. The quantitative estimate of drug-likeness (QED) is 0.306. The number of halogens is 4. The normalized spacial score (nSPS) is 11.5. The Morgan fingerprint density at radius 1 is 1.09 bits per heavy atom. The number of amides is 2. The Hall–Kier alpha value is -3.80. The maximum Gasteiger partial charge on any atom is 0.416 e. The van der Waals surface area contributed by atoms with Gasteiger partial charge in [0.1, 0.15) is 5.58 Å². The Kier molecular flexibility index (Phi) is 5.62. The van der Waals surface area contributed by atoms with E-state index in [9.17, 15) is 27.9 Å². The van der Waals surface area contributed by atoms with Gasteiger partial charge in [0, 0.05) is 29.4 Å². The van der Waals surface area contributed by atoms with Gasteiger partial charge in [0.2, 0.25) is 5.76 Å². The molecule has 0 saturated carbocycles. The lowest BCUT2D eigenvalue weighted by Crippen LogP contribution is -2.19. The lowest BCUT2D eigenvalue weighted by Gasteiger charge is -2.11. The molecule has 0 radical (unpaired) electrons. The molecule has 2 aromatic heterocycles. The van der Waals surface area contributed by atoms with E-state index in [4.69, 9.17) is 4.42 Å². The number of nitrogens with zero attached hydrogens (tertiary/aromatic N) is 2. The number of anilines is 2. The van der Waals surface area contributed by atoms with Gasteiger partial charge < -0.3 is 20.2 Å². The van der Waals surface area contributed by atoms with E-state index in [1.807, 2.05) is 0 Å². The first-order valence-electron chi connectivity index (χ1n) is 9.27. The number of carboxylic acid groups (broad SMARTS) is 1. The number of furan rings is 1. The van der Waals surface area contributed by atoms with E-state index < -0.39 is 23.7 Å². The lowest BCUT2D eigenvalue weighted by atomic mass is 10.1. The third-order valence-electron chi connectivity index (χ3n) is 4.70. The van der Waals surface area contributed by atoms with Crippen molar-refractivity contribution in [2.75, 3.05) is 10.6 Å². The Balaban J connectivity index is 1.66. The van der Waals surface area contributed by atoms with Gasteiger partial charge in [-0.15, -0.1) is 0 Å². The number of carbonyl (C=O) groups excluding carboxylic acids is 1. The SMILES string of the molecule is Cn1ncc(Br)c1-c1cc(NC(=O)Nc2ccc(C(F)(F)F)cc2)cc2cc(C(=O)O)oc12. The van der Waals surface area contributed by atoms with Crippen LogP contribution in [0.5, 0.6) is 0 Å². The molecule has 12 heteroatoms. The predicted molar refractivity (Wildman–Crippen MR) is 117 cm³/mol. The van der Waals surface area contributed by atoms with Crippen LogP contribution in [0.15, 0.2) is 57.6 Å². The van der Waals surface area contributed by atoms with Crippen molar-refractivity contribution in [1.29, 1.82) is 0 Å². The molecule has 8 nitrogen and oxygen atoms in total. The largest absolute Gasteiger partial charge is 0.475 e. The number of benzene rings is 2. The molecule has 4 rings (SSSR count). The van der Waals surface area contributed by atoms with Gasteiger partial charge in [0.15, 0.2) is 0 Å². The zero-order chi connectivity index (χ0) is 23.9. The molecule has 0 aliphatic rings. The standard InChI is InChI=1S/C21H14BrF3N4O4/c1-29-17(15(22)9-26-29)14-8-13(6-10-7-16(19(30)31)33-18(10)14)28-20(32)27-12-4-2-11(3-5-12)21(23,24)25/h2-9H,1H3,(H,30,31)(H2,27,28,32). The van der Waals surface area contributed by atoms with Gasteiger partial charge in [-0.25, -0.2) is 9.59 Å². The first-order chi connectivity index (χ1) is 15.5. The molecule has 0 saturated heterocycles. The highest BCUT2D eigenvalue weighted by molar-refractivity contribution is 9.10. The number of aromatic nitrogens is 2. The molecule has 4 aromatic rings. The summed E-state index contributed by atoms with van der Waals surface area (Å²) in [4.78, 5) is 23.8. The smallest absolute Gasteiger partial charge is 0.416 e. The van der Waals surface area contributed by atoms with Gasteiger partial charge in [-0.2, -0.15) is 18.3 Å². The third-order valence-corrected chi connectivity index (χ3v) is 5.28. The molecule has 33 heavy (non-hydrogen) atoms. The van der Waals surface area contributed by atoms with Crippen molar-refractivity contribution in [3.05, 3.63) is 64.5 Å². The number of fused-ring (bicyclic) bond motifs is 1. The van der Waals surface area contributed by atoms with Crippen molar-refractivity contribution in [2.24, 2.45) is 7.05 Å².